The lowest BCUT2D eigenvalue weighted by atomic mass is 10.0. The van der Waals surface area contributed by atoms with Gasteiger partial charge in [-0.2, -0.15) is 0 Å². The molecule has 102 valence electrons. The molecule has 1 aromatic rings. The van der Waals surface area contributed by atoms with Gasteiger partial charge in [-0.15, -0.1) is 0 Å². The minimum absolute atomic E-state index is 0.0396. The SMILES string of the molecule is CCS(=O)(=O)[C@@H](CO)[C@H](N)c1ccc(OC)cc1. The fraction of sp³-hybridized carbons (Fsp3) is 0.500. The van der Waals surface area contributed by atoms with E-state index in [0.717, 1.165) is 0 Å². The molecule has 0 heterocycles. The molecular formula is C12H19NO4S. The Bertz CT molecular complexity index is 469. The van der Waals surface area contributed by atoms with Crippen LogP contribution in [0.25, 0.3) is 0 Å². The highest BCUT2D eigenvalue weighted by atomic mass is 32.2. The molecule has 0 radical (unpaired) electrons. The van der Waals surface area contributed by atoms with Crippen LogP contribution < -0.4 is 10.5 Å². The van der Waals surface area contributed by atoms with Crippen LogP contribution in [-0.4, -0.2) is 38.2 Å². The largest absolute Gasteiger partial charge is 0.497 e. The lowest BCUT2D eigenvalue weighted by molar-refractivity contribution is 0.277. The summed E-state index contributed by atoms with van der Waals surface area (Å²) in [7, 11) is -1.83. The first kappa shape index (κ1) is 14.9. The monoisotopic (exact) mass is 273 g/mol. The Kier molecular flexibility index (Phi) is 5.13. The number of nitrogens with two attached hydrogens (primary N) is 1. The van der Waals surface area contributed by atoms with Crippen LogP contribution in [0.5, 0.6) is 5.75 Å². The summed E-state index contributed by atoms with van der Waals surface area (Å²) in [5.41, 5.74) is 6.58. The molecule has 0 amide bonds. The normalized spacial score (nSPS) is 15.1. The van der Waals surface area contributed by atoms with Crippen molar-refractivity contribution < 1.29 is 18.3 Å². The number of hydrogen-bond donors (Lipinski definition) is 2. The number of ether oxygens (including phenoxy) is 1. The topological polar surface area (TPSA) is 89.6 Å². The predicted molar refractivity (Wildman–Crippen MR) is 70.3 cm³/mol. The molecule has 0 aliphatic heterocycles. The van der Waals surface area contributed by atoms with Crippen molar-refractivity contribution in [2.45, 2.75) is 18.2 Å². The Labute approximate surface area is 107 Å². The van der Waals surface area contributed by atoms with E-state index in [1.54, 1.807) is 38.3 Å². The summed E-state index contributed by atoms with van der Waals surface area (Å²) in [6.07, 6.45) is 0. The standard InChI is InChI=1S/C12H19NO4S/c1-3-18(15,16)11(8-14)12(13)9-4-6-10(17-2)7-5-9/h4-7,11-12,14H,3,8,13H2,1-2H3/t11-,12+/m0/s1. The summed E-state index contributed by atoms with van der Waals surface area (Å²) in [5, 5.41) is 8.27. The third-order valence-electron chi connectivity index (χ3n) is 2.94. The minimum atomic E-state index is -3.38. The van der Waals surface area contributed by atoms with Crippen molar-refractivity contribution in [3.63, 3.8) is 0 Å². The van der Waals surface area contributed by atoms with Crippen LogP contribution in [0.1, 0.15) is 18.5 Å². The molecule has 0 saturated carbocycles. The van der Waals surface area contributed by atoms with Crippen molar-refractivity contribution in [3.05, 3.63) is 29.8 Å². The first-order valence-electron chi connectivity index (χ1n) is 5.68. The summed E-state index contributed by atoms with van der Waals surface area (Å²) in [6, 6.07) is 6.09. The zero-order chi connectivity index (χ0) is 13.8. The second-order valence-electron chi connectivity index (χ2n) is 3.97. The maximum absolute atomic E-state index is 11.8. The maximum atomic E-state index is 11.8. The van der Waals surface area contributed by atoms with E-state index in [-0.39, 0.29) is 5.75 Å². The molecule has 3 N–H and O–H groups in total. The minimum Gasteiger partial charge on any atom is -0.497 e. The molecule has 0 bridgehead atoms. The highest BCUT2D eigenvalue weighted by molar-refractivity contribution is 7.92. The highest BCUT2D eigenvalue weighted by Crippen LogP contribution is 2.22. The van der Waals surface area contributed by atoms with E-state index in [1.807, 2.05) is 0 Å². The van der Waals surface area contributed by atoms with Crippen LogP contribution in [-0.2, 0) is 9.84 Å². The van der Waals surface area contributed by atoms with Gasteiger partial charge in [0.05, 0.1) is 13.7 Å². The molecular weight excluding hydrogens is 254 g/mol. The smallest absolute Gasteiger partial charge is 0.157 e. The number of benzene rings is 1. The number of hydrogen-bond acceptors (Lipinski definition) is 5. The second-order valence-corrected chi connectivity index (χ2v) is 6.48. The van der Waals surface area contributed by atoms with E-state index in [4.69, 9.17) is 10.5 Å². The van der Waals surface area contributed by atoms with E-state index in [1.165, 1.54) is 0 Å². The molecule has 0 aromatic heterocycles. The van der Waals surface area contributed by atoms with Gasteiger partial charge in [0.15, 0.2) is 9.84 Å². The van der Waals surface area contributed by atoms with Crippen molar-refractivity contribution in [2.75, 3.05) is 19.5 Å². The number of methoxy groups -OCH3 is 1. The Balaban J connectivity index is 3.00. The Morgan fingerprint density at radius 3 is 2.28 bits per heavy atom. The highest BCUT2D eigenvalue weighted by Gasteiger charge is 2.30. The van der Waals surface area contributed by atoms with Gasteiger partial charge in [-0.3, -0.25) is 0 Å². The van der Waals surface area contributed by atoms with E-state index in [2.05, 4.69) is 0 Å². The maximum Gasteiger partial charge on any atom is 0.157 e. The summed E-state index contributed by atoms with van der Waals surface area (Å²) in [6.45, 7) is 1.06. The van der Waals surface area contributed by atoms with Gasteiger partial charge in [-0.25, -0.2) is 8.42 Å². The first-order chi connectivity index (χ1) is 8.46. The molecule has 2 atom stereocenters. The molecule has 5 nitrogen and oxygen atoms in total. The summed E-state index contributed by atoms with van der Waals surface area (Å²) in [4.78, 5) is 0. The molecule has 0 fully saturated rings. The van der Waals surface area contributed by atoms with Crippen LogP contribution >= 0.6 is 0 Å². The number of sulfone groups is 1. The van der Waals surface area contributed by atoms with Gasteiger partial charge >= 0.3 is 0 Å². The van der Waals surface area contributed by atoms with Gasteiger partial charge < -0.3 is 15.6 Å². The van der Waals surface area contributed by atoms with E-state index < -0.39 is 27.7 Å². The van der Waals surface area contributed by atoms with E-state index >= 15 is 0 Å². The lowest BCUT2D eigenvalue weighted by Crippen LogP contribution is -2.37. The Morgan fingerprint density at radius 2 is 1.89 bits per heavy atom. The average molecular weight is 273 g/mol. The number of aliphatic hydroxyl groups excluding tert-OH is 1. The second kappa shape index (κ2) is 6.17. The van der Waals surface area contributed by atoms with Gasteiger partial charge in [0, 0.05) is 11.8 Å². The first-order valence-corrected chi connectivity index (χ1v) is 7.39. The van der Waals surface area contributed by atoms with Gasteiger partial charge in [-0.05, 0) is 17.7 Å². The van der Waals surface area contributed by atoms with Crippen LogP contribution in [0.3, 0.4) is 0 Å². The summed E-state index contributed by atoms with van der Waals surface area (Å²) < 4.78 is 28.6. The Hall–Kier alpha value is -1.11. The van der Waals surface area contributed by atoms with Gasteiger partial charge in [-0.1, -0.05) is 19.1 Å². The fourth-order valence-electron chi connectivity index (χ4n) is 1.71. The van der Waals surface area contributed by atoms with E-state index in [9.17, 15) is 13.5 Å². The summed E-state index contributed by atoms with van der Waals surface area (Å²) in [5.74, 6) is 0.632. The third-order valence-corrected chi connectivity index (χ3v) is 5.11. The van der Waals surface area contributed by atoms with Gasteiger partial charge in [0.2, 0.25) is 0 Å². The molecule has 18 heavy (non-hydrogen) atoms. The van der Waals surface area contributed by atoms with E-state index in [0.29, 0.717) is 11.3 Å². The predicted octanol–water partition coefficient (Wildman–Crippen LogP) is 0.491. The van der Waals surface area contributed by atoms with Crippen LogP contribution in [0.15, 0.2) is 24.3 Å². The average Bonchev–Trinajstić information content (AvgIpc) is 2.39. The van der Waals surface area contributed by atoms with Crippen LogP contribution in [0.2, 0.25) is 0 Å². The van der Waals surface area contributed by atoms with Gasteiger partial charge in [0.25, 0.3) is 0 Å². The molecule has 6 heteroatoms. The summed E-state index contributed by atoms with van der Waals surface area (Å²) >= 11 is 0. The van der Waals surface area contributed by atoms with Crippen molar-refractivity contribution in [1.29, 1.82) is 0 Å². The lowest BCUT2D eigenvalue weighted by Gasteiger charge is -2.22. The Morgan fingerprint density at radius 1 is 1.33 bits per heavy atom. The zero-order valence-corrected chi connectivity index (χ0v) is 11.4. The number of rotatable bonds is 6. The molecule has 0 aliphatic rings. The molecule has 1 rings (SSSR count). The number of aliphatic hydroxyl groups is 1. The fourth-order valence-corrected chi connectivity index (χ4v) is 2.96. The van der Waals surface area contributed by atoms with Crippen molar-refractivity contribution in [3.8, 4) is 5.75 Å². The van der Waals surface area contributed by atoms with Gasteiger partial charge in [0.1, 0.15) is 11.0 Å². The molecule has 0 unspecified atom stereocenters. The molecule has 1 aromatic carbocycles. The van der Waals surface area contributed by atoms with Crippen molar-refractivity contribution in [1.82, 2.24) is 0 Å². The zero-order valence-electron chi connectivity index (χ0n) is 10.5. The third kappa shape index (κ3) is 3.22. The van der Waals surface area contributed by atoms with Crippen molar-refractivity contribution >= 4 is 9.84 Å². The molecule has 0 aliphatic carbocycles. The van der Waals surface area contributed by atoms with Crippen LogP contribution in [0.4, 0.5) is 0 Å². The van der Waals surface area contributed by atoms with Crippen LogP contribution in [0, 0.1) is 0 Å². The molecule has 0 spiro atoms. The van der Waals surface area contributed by atoms with Crippen molar-refractivity contribution in [2.24, 2.45) is 5.73 Å². The molecule has 0 saturated heterocycles. The quantitative estimate of drug-likeness (QED) is 0.787.